The quantitative estimate of drug-likeness (QED) is 0.804. The Morgan fingerprint density at radius 1 is 1.32 bits per heavy atom. The van der Waals surface area contributed by atoms with Crippen molar-refractivity contribution in [2.75, 3.05) is 7.11 Å². The molecular weight excluding hydrogens is 268 g/mol. The highest BCUT2D eigenvalue weighted by Crippen LogP contribution is 2.20. The molecule has 0 bridgehead atoms. The van der Waals surface area contributed by atoms with Crippen molar-refractivity contribution in [2.24, 2.45) is 7.05 Å². The van der Waals surface area contributed by atoms with Gasteiger partial charge in [0.2, 0.25) is 0 Å². The van der Waals surface area contributed by atoms with Gasteiger partial charge in [-0.25, -0.2) is 4.68 Å². The number of carbonyl (C=O) groups is 1. The topological polar surface area (TPSA) is 61.2 Å². The smallest absolute Gasteiger partial charge is 0.278 e. The Kier molecular flexibility index (Phi) is 3.66. The van der Waals surface area contributed by atoms with Gasteiger partial charge in [-0.1, -0.05) is 0 Å². The Labute approximate surface area is 114 Å². The van der Waals surface area contributed by atoms with Crippen molar-refractivity contribution in [1.82, 2.24) is 9.78 Å². The van der Waals surface area contributed by atoms with Gasteiger partial charge in [-0.05, 0) is 41.9 Å². The number of rotatable bonds is 3. The zero-order chi connectivity index (χ0) is 14.0. The fourth-order valence-corrected chi connectivity index (χ4v) is 1.79. The first kappa shape index (κ1) is 13.3. The number of carbonyl (C=O) groups excluding carboxylic acids is 1. The molecule has 2 rings (SSSR count). The number of ether oxygens (including phenoxy) is 1. The number of aryl methyl sites for hydroxylation is 1. The van der Waals surface area contributed by atoms with E-state index in [0.717, 1.165) is 10.2 Å². The highest BCUT2D eigenvalue weighted by molar-refractivity contribution is 6.67. The van der Waals surface area contributed by atoms with Gasteiger partial charge in [-0.3, -0.25) is 9.59 Å². The van der Waals surface area contributed by atoms with E-state index in [4.69, 9.17) is 16.3 Å². The molecule has 6 heteroatoms. The van der Waals surface area contributed by atoms with Gasteiger partial charge in [0.25, 0.3) is 10.8 Å². The Morgan fingerprint density at radius 2 is 1.95 bits per heavy atom. The second-order valence-corrected chi connectivity index (χ2v) is 4.22. The van der Waals surface area contributed by atoms with Gasteiger partial charge in [-0.2, -0.15) is 5.10 Å². The molecule has 98 valence electrons. The summed E-state index contributed by atoms with van der Waals surface area (Å²) < 4.78 is 6.15. The molecule has 0 spiro atoms. The predicted molar refractivity (Wildman–Crippen MR) is 71.6 cm³/mol. The lowest BCUT2D eigenvalue weighted by atomic mass is 10.1. The van der Waals surface area contributed by atoms with Crippen LogP contribution in [0.25, 0.3) is 11.3 Å². The van der Waals surface area contributed by atoms with E-state index in [1.165, 1.54) is 13.1 Å². The molecule has 0 unspecified atom stereocenters. The monoisotopic (exact) mass is 278 g/mol. The maximum atomic E-state index is 11.7. The Hall–Kier alpha value is -2.14. The standard InChI is InChI=1S/C13H11ClN2O3/c1-16-13(18)10(12(14)17)7-11(15-16)8-3-5-9(19-2)6-4-8/h3-7H,1-2H3. The lowest BCUT2D eigenvalue weighted by Gasteiger charge is -2.06. The lowest BCUT2D eigenvalue weighted by Crippen LogP contribution is -2.25. The molecule has 0 saturated heterocycles. The van der Waals surface area contributed by atoms with E-state index in [9.17, 15) is 9.59 Å². The van der Waals surface area contributed by atoms with E-state index in [0.29, 0.717) is 11.4 Å². The van der Waals surface area contributed by atoms with E-state index >= 15 is 0 Å². The summed E-state index contributed by atoms with van der Waals surface area (Å²) in [5.41, 5.74) is 0.645. The zero-order valence-electron chi connectivity index (χ0n) is 10.4. The summed E-state index contributed by atoms with van der Waals surface area (Å²) in [5.74, 6) is 0.710. The molecule has 1 heterocycles. The largest absolute Gasteiger partial charge is 0.497 e. The van der Waals surface area contributed by atoms with E-state index in [2.05, 4.69) is 5.10 Å². The molecule has 1 aromatic heterocycles. The average molecular weight is 279 g/mol. The van der Waals surface area contributed by atoms with Gasteiger partial charge in [0.15, 0.2) is 0 Å². The second kappa shape index (κ2) is 5.24. The summed E-state index contributed by atoms with van der Waals surface area (Å²) in [6, 6.07) is 8.50. The van der Waals surface area contributed by atoms with Gasteiger partial charge in [0, 0.05) is 12.6 Å². The summed E-state index contributed by atoms with van der Waals surface area (Å²) in [7, 11) is 3.04. The number of nitrogens with zero attached hydrogens (tertiary/aromatic N) is 2. The third-order valence-electron chi connectivity index (χ3n) is 2.66. The molecule has 0 aliphatic carbocycles. The fourth-order valence-electron chi connectivity index (χ4n) is 1.65. The Morgan fingerprint density at radius 3 is 2.47 bits per heavy atom. The van der Waals surface area contributed by atoms with Crippen LogP contribution in [0.3, 0.4) is 0 Å². The molecule has 2 aromatic rings. The minimum atomic E-state index is -0.794. The van der Waals surface area contributed by atoms with E-state index in [1.54, 1.807) is 31.4 Å². The highest BCUT2D eigenvalue weighted by Gasteiger charge is 2.13. The number of methoxy groups -OCH3 is 1. The third-order valence-corrected chi connectivity index (χ3v) is 2.86. The van der Waals surface area contributed by atoms with Crippen LogP contribution in [-0.2, 0) is 7.05 Å². The van der Waals surface area contributed by atoms with Crippen LogP contribution in [0.5, 0.6) is 5.75 Å². The summed E-state index contributed by atoms with van der Waals surface area (Å²) in [5, 5.41) is 3.30. The van der Waals surface area contributed by atoms with Crippen LogP contribution >= 0.6 is 11.6 Å². The first-order chi connectivity index (χ1) is 9.02. The molecular formula is C13H11ClN2O3. The van der Waals surface area contributed by atoms with Crippen LogP contribution in [0.4, 0.5) is 0 Å². The van der Waals surface area contributed by atoms with Crippen LogP contribution in [0.15, 0.2) is 35.1 Å². The number of halogens is 1. The molecule has 0 radical (unpaired) electrons. The predicted octanol–water partition coefficient (Wildman–Crippen LogP) is 1.83. The van der Waals surface area contributed by atoms with E-state index in [-0.39, 0.29) is 5.56 Å². The molecule has 0 atom stereocenters. The molecule has 0 N–H and O–H groups in total. The van der Waals surface area contributed by atoms with Crippen molar-refractivity contribution in [3.63, 3.8) is 0 Å². The SMILES string of the molecule is COc1ccc(-c2cc(C(=O)Cl)c(=O)n(C)n2)cc1. The van der Waals surface area contributed by atoms with Gasteiger partial charge < -0.3 is 4.74 Å². The number of hydrogen-bond acceptors (Lipinski definition) is 4. The van der Waals surface area contributed by atoms with Crippen molar-refractivity contribution in [3.05, 3.63) is 46.2 Å². The molecule has 0 aliphatic rings. The molecule has 0 amide bonds. The Balaban J connectivity index is 2.56. The van der Waals surface area contributed by atoms with Crippen LogP contribution < -0.4 is 10.3 Å². The number of aromatic nitrogens is 2. The van der Waals surface area contributed by atoms with Crippen molar-refractivity contribution in [1.29, 1.82) is 0 Å². The van der Waals surface area contributed by atoms with Crippen LogP contribution in [0.1, 0.15) is 10.4 Å². The van der Waals surface area contributed by atoms with Crippen molar-refractivity contribution < 1.29 is 9.53 Å². The fraction of sp³-hybridized carbons (Fsp3) is 0.154. The van der Waals surface area contributed by atoms with Gasteiger partial charge in [0.1, 0.15) is 11.3 Å². The van der Waals surface area contributed by atoms with Crippen molar-refractivity contribution >= 4 is 16.8 Å². The minimum absolute atomic E-state index is 0.0926. The van der Waals surface area contributed by atoms with Crippen molar-refractivity contribution in [2.45, 2.75) is 0 Å². The van der Waals surface area contributed by atoms with Gasteiger partial charge in [-0.15, -0.1) is 0 Å². The summed E-state index contributed by atoms with van der Waals surface area (Å²) in [4.78, 5) is 22.9. The van der Waals surface area contributed by atoms with Crippen LogP contribution in [-0.4, -0.2) is 22.1 Å². The maximum absolute atomic E-state index is 11.7. The van der Waals surface area contributed by atoms with Gasteiger partial charge in [0.05, 0.1) is 12.8 Å². The normalized spacial score (nSPS) is 10.3. The first-order valence-electron chi connectivity index (χ1n) is 5.45. The summed E-state index contributed by atoms with van der Waals surface area (Å²) in [6.45, 7) is 0. The van der Waals surface area contributed by atoms with Crippen LogP contribution in [0, 0.1) is 0 Å². The summed E-state index contributed by atoms with van der Waals surface area (Å²) >= 11 is 5.39. The lowest BCUT2D eigenvalue weighted by molar-refractivity contribution is 0.107. The molecule has 5 nitrogen and oxygen atoms in total. The van der Waals surface area contributed by atoms with E-state index < -0.39 is 10.8 Å². The second-order valence-electron chi connectivity index (χ2n) is 3.87. The first-order valence-corrected chi connectivity index (χ1v) is 5.83. The molecule has 1 aromatic carbocycles. The number of hydrogen-bond donors (Lipinski definition) is 0. The molecule has 0 saturated carbocycles. The zero-order valence-corrected chi connectivity index (χ0v) is 11.1. The average Bonchev–Trinajstić information content (AvgIpc) is 2.41. The Bertz CT molecular complexity index is 677. The minimum Gasteiger partial charge on any atom is -0.497 e. The molecule has 0 aliphatic heterocycles. The maximum Gasteiger partial charge on any atom is 0.278 e. The summed E-state index contributed by atoms with van der Waals surface area (Å²) in [6.07, 6.45) is 0. The van der Waals surface area contributed by atoms with Gasteiger partial charge >= 0.3 is 0 Å². The molecule has 19 heavy (non-hydrogen) atoms. The van der Waals surface area contributed by atoms with Crippen molar-refractivity contribution in [3.8, 4) is 17.0 Å². The molecule has 0 fully saturated rings. The third kappa shape index (κ3) is 2.66. The highest BCUT2D eigenvalue weighted by atomic mass is 35.5. The van der Waals surface area contributed by atoms with E-state index in [1.807, 2.05) is 0 Å². The number of benzene rings is 1. The van der Waals surface area contributed by atoms with Crippen LogP contribution in [0.2, 0.25) is 0 Å².